The lowest BCUT2D eigenvalue weighted by Crippen LogP contribution is -2.44. The van der Waals surface area contributed by atoms with Crippen LogP contribution in [0.25, 0.3) is 0 Å². The molecule has 2 aromatic rings. The number of para-hydroxylation sites is 1. The maximum absolute atomic E-state index is 12.9. The van der Waals surface area contributed by atoms with Crippen LogP contribution in [0.15, 0.2) is 42.5 Å². The molecule has 29 heavy (non-hydrogen) atoms. The summed E-state index contributed by atoms with van der Waals surface area (Å²) in [6.45, 7) is 6.79. The van der Waals surface area contributed by atoms with Crippen molar-refractivity contribution in [1.29, 1.82) is 0 Å². The fraction of sp³-hybridized carbons (Fsp3) is 0.391. The number of hydrogen-bond acceptors (Lipinski definition) is 5. The van der Waals surface area contributed by atoms with Crippen LogP contribution >= 0.6 is 0 Å². The zero-order chi connectivity index (χ0) is 21.0. The molecule has 1 aliphatic rings. The Bertz CT molecular complexity index is 894. The van der Waals surface area contributed by atoms with Gasteiger partial charge in [-0.05, 0) is 60.6 Å². The van der Waals surface area contributed by atoms with Crippen LogP contribution in [-0.2, 0) is 22.4 Å². The molecule has 6 heteroatoms. The van der Waals surface area contributed by atoms with Crippen LogP contribution in [0.2, 0.25) is 0 Å². The molecule has 2 N–H and O–H groups in total. The zero-order valence-corrected chi connectivity index (χ0v) is 17.2. The summed E-state index contributed by atoms with van der Waals surface area (Å²) in [6.07, 6.45) is 0.555. The van der Waals surface area contributed by atoms with Gasteiger partial charge in [-0.3, -0.25) is 4.79 Å². The molecule has 1 heterocycles. The highest BCUT2D eigenvalue weighted by atomic mass is 16.7. The molecule has 6 nitrogen and oxygen atoms in total. The van der Waals surface area contributed by atoms with Gasteiger partial charge >= 0.3 is 6.16 Å². The molecule has 0 fully saturated rings. The zero-order valence-electron chi connectivity index (χ0n) is 17.2. The largest absolute Gasteiger partial charge is 0.513 e. The molecule has 0 aromatic heterocycles. The van der Waals surface area contributed by atoms with Gasteiger partial charge in [-0.2, -0.15) is 0 Å². The average molecular weight is 396 g/mol. The summed E-state index contributed by atoms with van der Waals surface area (Å²) in [5.41, 5.74) is 10.2. The minimum absolute atomic E-state index is 0.0769. The minimum Gasteiger partial charge on any atom is -0.434 e. The molecular formula is C23H28N2O4. The van der Waals surface area contributed by atoms with Gasteiger partial charge in [0, 0.05) is 12.2 Å². The lowest BCUT2D eigenvalue weighted by Gasteiger charge is -2.22. The Kier molecular flexibility index (Phi) is 6.54. The number of anilines is 1. The van der Waals surface area contributed by atoms with Crippen LogP contribution in [0.3, 0.4) is 0 Å². The summed E-state index contributed by atoms with van der Waals surface area (Å²) in [4.78, 5) is 26.4. The Morgan fingerprint density at radius 2 is 1.93 bits per heavy atom. The summed E-state index contributed by atoms with van der Waals surface area (Å²) in [7, 11) is 0. The van der Waals surface area contributed by atoms with Crippen LogP contribution < -0.4 is 15.4 Å². The predicted molar refractivity (Wildman–Crippen MR) is 112 cm³/mol. The van der Waals surface area contributed by atoms with Gasteiger partial charge < -0.3 is 20.1 Å². The van der Waals surface area contributed by atoms with E-state index in [9.17, 15) is 9.59 Å². The maximum Gasteiger partial charge on any atom is 0.513 e. The molecule has 0 saturated carbocycles. The first kappa shape index (κ1) is 20.9. The second-order valence-corrected chi connectivity index (χ2v) is 7.82. The highest BCUT2D eigenvalue weighted by Gasteiger charge is 2.28. The third-order valence-electron chi connectivity index (χ3n) is 4.96. The topological polar surface area (TPSA) is 81.9 Å². The van der Waals surface area contributed by atoms with Crippen LogP contribution in [-0.4, -0.2) is 31.3 Å². The molecule has 0 radical (unpaired) electrons. The van der Waals surface area contributed by atoms with Gasteiger partial charge in [0.25, 0.3) is 0 Å². The standard InChI is InChI=1S/C23H28N2O4/c1-15(2)14-28-23(27)29-19-9-8-18(16(3)12-19)13-20(24)22(26)25-11-10-17-6-4-5-7-21(17)25/h4-9,12,15,20H,10-11,13-14,24H2,1-3H3. The summed E-state index contributed by atoms with van der Waals surface area (Å²) in [6, 6.07) is 12.6. The molecule has 1 aliphatic heterocycles. The molecule has 1 unspecified atom stereocenters. The quantitative estimate of drug-likeness (QED) is 0.596. The van der Waals surface area contributed by atoms with E-state index in [1.165, 1.54) is 5.56 Å². The van der Waals surface area contributed by atoms with Crippen LogP contribution in [0.4, 0.5) is 10.5 Å². The maximum atomic E-state index is 12.9. The number of rotatable bonds is 6. The number of nitrogens with two attached hydrogens (primary N) is 1. The summed E-state index contributed by atoms with van der Waals surface area (Å²) < 4.78 is 10.2. The summed E-state index contributed by atoms with van der Waals surface area (Å²) in [5.74, 6) is 0.577. The molecule has 0 spiro atoms. The molecule has 0 saturated heterocycles. The fourth-order valence-corrected chi connectivity index (χ4v) is 3.41. The van der Waals surface area contributed by atoms with E-state index < -0.39 is 12.2 Å². The lowest BCUT2D eigenvalue weighted by atomic mass is 10.0. The number of fused-ring (bicyclic) bond motifs is 1. The van der Waals surface area contributed by atoms with Gasteiger partial charge in [0.05, 0.1) is 12.6 Å². The Hall–Kier alpha value is -2.86. The Morgan fingerprint density at radius 1 is 1.17 bits per heavy atom. The van der Waals surface area contributed by atoms with E-state index in [1.807, 2.05) is 51.1 Å². The number of aryl methyl sites for hydroxylation is 1. The molecule has 0 bridgehead atoms. The average Bonchev–Trinajstić information content (AvgIpc) is 3.12. The Labute approximate surface area is 171 Å². The van der Waals surface area contributed by atoms with Crippen molar-refractivity contribution < 1.29 is 19.1 Å². The predicted octanol–water partition coefficient (Wildman–Crippen LogP) is 3.63. The van der Waals surface area contributed by atoms with E-state index in [1.54, 1.807) is 17.0 Å². The van der Waals surface area contributed by atoms with Gasteiger partial charge in [-0.25, -0.2) is 4.79 Å². The normalized spacial score (nSPS) is 13.9. The Morgan fingerprint density at radius 3 is 2.66 bits per heavy atom. The van der Waals surface area contributed by atoms with Crippen molar-refractivity contribution in [3.63, 3.8) is 0 Å². The third kappa shape index (κ3) is 5.15. The first-order valence-corrected chi connectivity index (χ1v) is 9.94. The molecule has 1 atom stereocenters. The van der Waals surface area contributed by atoms with E-state index in [0.717, 1.165) is 23.2 Å². The number of hydrogen-bond donors (Lipinski definition) is 1. The number of carbonyl (C=O) groups is 2. The second-order valence-electron chi connectivity index (χ2n) is 7.82. The number of ether oxygens (including phenoxy) is 2. The van der Waals surface area contributed by atoms with Crippen molar-refractivity contribution >= 4 is 17.7 Å². The van der Waals surface area contributed by atoms with Gasteiger partial charge in [-0.15, -0.1) is 0 Å². The van der Waals surface area contributed by atoms with Crippen LogP contribution in [0.5, 0.6) is 5.75 Å². The first-order valence-electron chi connectivity index (χ1n) is 9.94. The monoisotopic (exact) mass is 396 g/mol. The van der Waals surface area contributed by atoms with Gasteiger partial charge in [-0.1, -0.05) is 38.1 Å². The van der Waals surface area contributed by atoms with E-state index >= 15 is 0 Å². The van der Waals surface area contributed by atoms with E-state index in [2.05, 4.69) is 0 Å². The van der Waals surface area contributed by atoms with Crippen molar-refractivity contribution in [3.05, 3.63) is 59.2 Å². The van der Waals surface area contributed by atoms with Crippen molar-refractivity contribution in [2.75, 3.05) is 18.1 Å². The summed E-state index contributed by atoms with van der Waals surface area (Å²) >= 11 is 0. The Balaban J connectivity index is 1.61. The van der Waals surface area contributed by atoms with Crippen molar-refractivity contribution in [2.24, 2.45) is 11.7 Å². The van der Waals surface area contributed by atoms with Gasteiger partial charge in [0.1, 0.15) is 5.75 Å². The third-order valence-corrected chi connectivity index (χ3v) is 4.96. The molecule has 3 rings (SSSR count). The fourth-order valence-electron chi connectivity index (χ4n) is 3.41. The van der Waals surface area contributed by atoms with Crippen molar-refractivity contribution in [1.82, 2.24) is 0 Å². The molecular weight excluding hydrogens is 368 g/mol. The molecule has 1 amide bonds. The molecule has 2 aromatic carbocycles. The highest BCUT2D eigenvalue weighted by molar-refractivity contribution is 5.99. The number of nitrogens with zero attached hydrogens (tertiary/aromatic N) is 1. The molecule has 154 valence electrons. The minimum atomic E-state index is -0.717. The second kappa shape index (κ2) is 9.09. The van der Waals surface area contributed by atoms with Crippen molar-refractivity contribution in [2.45, 2.75) is 39.7 Å². The van der Waals surface area contributed by atoms with E-state index in [4.69, 9.17) is 15.2 Å². The smallest absolute Gasteiger partial charge is 0.434 e. The summed E-state index contributed by atoms with van der Waals surface area (Å²) in [5, 5.41) is 0. The number of amides is 1. The van der Waals surface area contributed by atoms with E-state index in [0.29, 0.717) is 25.3 Å². The number of carbonyl (C=O) groups excluding carboxylic acids is 2. The first-order chi connectivity index (χ1) is 13.8. The lowest BCUT2D eigenvalue weighted by molar-refractivity contribution is -0.119. The van der Waals surface area contributed by atoms with E-state index in [-0.39, 0.29) is 11.8 Å². The van der Waals surface area contributed by atoms with Crippen LogP contribution in [0.1, 0.15) is 30.5 Å². The number of benzene rings is 2. The van der Waals surface area contributed by atoms with Gasteiger partial charge in [0.15, 0.2) is 0 Å². The SMILES string of the molecule is Cc1cc(OC(=O)OCC(C)C)ccc1CC(N)C(=O)N1CCc2ccccc21. The molecule has 0 aliphatic carbocycles. The van der Waals surface area contributed by atoms with Crippen LogP contribution in [0, 0.1) is 12.8 Å². The highest BCUT2D eigenvalue weighted by Crippen LogP contribution is 2.28. The van der Waals surface area contributed by atoms with Gasteiger partial charge in [0.2, 0.25) is 5.91 Å². The van der Waals surface area contributed by atoms with Crippen molar-refractivity contribution in [3.8, 4) is 5.75 Å².